The maximum Gasteiger partial charge on any atom is 0.164 e. The summed E-state index contributed by atoms with van der Waals surface area (Å²) in [5.74, 6) is 2.18. The van der Waals surface area contributed by atoms with Gasteiger partial charge in [-0.3, -0.25) is 0 Å². The quantitative estimate of drug-likeness (QED) is 0.162. The fraction of sp³-hybridized carbons (Fsp3) is 0.189. The van der Waals surface area contributed by atoms with Crippen LogP contribution in [0.15, 0.2) is 166 Å². The summed E-state index contributed by atoms with van der Waals surface area (Å²) in [5.41, 5.74) is 11.4. The van der Waals surface area contributed by atoms with E-state index in [1.165, 1.54) is 43.5 Å². The van der Waals surface area contributed by atoms with Crippen LogP contribution in [0.5, 0.6) is 0 Å². The standard InChI is InChI=1S/C53H45N3OS/c1-3-14-35-16-7-9-21-41(35)37-25-27-39(28-26-37)52-54-51(38-18-5-4-6-19-38)55-53(56-52)45-31-30-43(50-49(45)44-23-11-12-24-47(44)57-50)40-20-13-15-34(2)58-48-32-29-36-17-8-10-22-42(36)46(48)33-40/h5,7-8,10-13,15-19,22-32,40H,2-4,6,9,14,20-21,33H2,1H3/b15-13-. The van der Waals surface area contributed by atoms with Crippen molar-refractivity contribution in [2.75, 3.05) is 0 Å². The van der Waals surface area contributed by atoms with Crippen molar-refractivity contribution in [3.8, 4) is 22.8 Å². The molecule has 3 heterocycles. The number of aromatic nitrogens is 3. The van der Waals surface area contributed by atoms with Crippen LogP contribution < -0.4 is 0 Å². The van der Waals surface area contributed by atoms with Crippen molar-refractivity contribution >= 4 is 55.6 Å². The number of hydrogen-bond acceptors (Lipinski definition) is 5. The van der Waals surface area contributed by atoms with Gasteiger partial charge in [-0.05, 0) is 108 Å². The van der Waals surface area contributed by atoms with Gasteiger partial charge in [-0.1, -0.05) is 153 Å². The molecule has 0 radical (unpaired) electrons. The lowest BCUT2D eigenvalue weighted by molar-refractivity contribution is 0.636. The van der Waals surface area contributed by atoms with Crippen LogP contribution in [0.2, 0.25) is 0 Å². The number of para-hydroxylation sites is 1. The maximum absolute atomic E-state index is 6.91. The molecule has 0 bridgehead atoms. The Bertz CT molecular complexity index is 2900. The van der Waals surface area contributed by atoms with Gasteiger partial charge in [0.15, 0.2) is 17.5 Å². The Balaban J connectivity index is 1.13. The van der Waals surface area contributed by atoms with E-state index in [0.717, 1.165) is 94.9 Å². The Kier molecular flexibility index (Phi) is 9.84. The van der Waals surface area contributed by atoms with Gasteiger partial charge in [0.1, 0.15) is 11.2 Å². The summed E-state index contributed by atoms with van der Waals surface area (Å²) < 4.78 is 6.91. The first kappa shape index (κ1) is 36.3. The van der Waals surface area contributed by atoms with Gasteiger partial charge in [0.05, 0.1) is 0 Å². The first-order valence-electron chi connectivity index (χ1n) is 20.7. The molecule has 0 spiro atoms. The molecule has 10 rings (SSSR count). The third-order valence-electron chi connectivity index (χ3n) is 11.8. The van der Waals surface area contributed by atoms with Crippen molar-refractivity contribution in [1.82, 2.24) is 15.0 Å². The maximum atomic E-state index is 6.91. The summed E-state index contributed by atoms with van der Waals surface area (Å²) in [6, 6.07) is 35.0. The van der Waals surface area contributed by atoms with Crippen LogP contribution in [-0.2, 0) is 6.42 Å². The van der Waals surface area contributed by atoms with Crippen LogP contribution in [0.1, 0.15) is 80.3 Å². The van der Waals surface area contributed by atoms with Gasteiger partial charge in [-0.2, -0.15) is 0 Å². The van der Waals surface area contributed by atoms with Crippen LogP contribution in [-0.4, -0.2) is 15.0 Å². The lowest BCUT2D eigenvalue weighted by atomic mass is 9.85. The second-order valence-electron chi connectivity index (χ2n) is 15.6. The largest absolute Gasteiger partial charge is 0.456 e. The molecular formula is C53H45N3OS. The number of thioether (sulfide) groups is 1. The minimum absolute atomic E-state index is 0.164. The van der Waals surface area contributed by atoms with E-state index in [2.05, 4.69) is 147 Å². The van der Waals surface area contributed by atoms with Gasteiger partial charge in [-0.15, -0.1) is 0 Å². The average molecular weight is 772 g/mol. The van der Waals surface area contributed by atoms with E-state index in [-0.39, 0.29) is 5.92 Å². The highest BCUT2D eigenvalue weighted by Crippen LogP contribution is 2.45. The van der Waals surface area contributed by atoms with E-state index in [1.54, 1.807) is 11.8 Å². The lowest BCUT2D eigenvalue weighted by Gasteiger charge is -2.20. The molecule has 5 aromatic carbocycles. The zero-order chi connectivity index (χ0) is 39.0. The van der Waals surface area contributed by atoms with Crippen molar-refractivity contribution in [1.29, 1.82) is 0 Å². The average Bonchev–Trinajstić information content (AvgIpc) is 3.70. The van der Waals surface area contributed by atoms with Crippen molar-refractivity contribution < 1.29 is 4.42 Å². The summed E-state index contributed by atoms with van der Waals surface area (Å²) in [4.78, 5) is 18.0. The highest BCUT2D eigenvalue weighted by atomic mass is 32.2. The minimum Gasteiger partial charge on any atom is -0.456 e. The Morgan fingerprint density at radius 3 is 2.38 bits per heavy atom. The van der Waals surface area contributed by atoms with E-state index < -0.39 is 0 Å². The summed E-state index contributed by atoms with van der Waals surface area (Å²) in [6.07, 6.45) is 23.8. The van der Waals surface area contributed by atoms with E-state index in [9.17, 15) is 0 Å². The minimum atomic E-state index is 0.164. The van der Waals surface area contributed by atoms with Crippen LogP contribution >= 0.6 is 11.8 Å². The number of fused-ring (bicyclic) bond motifs is 6. The summed E-state index contributed by atoms with van der Waals surface area (Å²) in [6.45, 7) is 6.64. The molecule has 4 nitrogen and oxygen atoms in total. The molecule has 0 saturated heterocycles. The Morgan fingerprint density at radius 1 is 0.724 bits per heavy atom. The fourth-order valence-electron chi connectivity index (χ4n) is 8.99. The Morgan fingerprint density at radius 2 is 1.52 bits per heavy atom. The van der Waals surface area contributed by atoms with Crippen molar-refractivity contribution in [3.05, 3.63) is 179 Å². The SMILES string of the molecule is C=C1/C=C\CC(c2ccc(-c3nc(C4=CCCC=C4)nc(-c4ccc(C5=C(CCC)C=CCC5)cc4)n3)c3c2oc2ccccc23)Cc2c(ccc3ccccc23)S1. The number of rotatable bonds is 7. The molecule has 1 atom stereocenters. The molecule has 3 aliphatic rings. The zero-order valence-electron chi connectivity index (χ0n) is 32.9. The van der Waals surface area contributed by atoms with Gasteiger partial charge in [-0.25, -0.2) is 15.0 Å². The number of benzene rings is 5. The van der Waals surface area contributed by atoms with Gasteiger partial charge >= 0.3 is 0 Å². The van der Waals surface area contributed by atoms with Gasteiger partial charge in [0.2, 0.25) is 0 Å². The van der Waals surface area contributed by atoms with Crippen LogP contribution in [0, 0.1) is 0 Å². The van der Waals surface area contributed by atoms with E-state index in [4.69, 9.17) is 19.4 Å². The first-order chi connectivity index (χ1) is 28.6. The second kappa shape index (κ2) is 15.7. The molecule has 58 heavy (non-hydrogen) atoms. The lowest BCUT2D eigenvalue weighted by Crippen LogP contribution is -2.06. The van der Waals surface area contributed by atoms with Gasteiger partial charge in [0.25, 0.3) is 0 Å². The van der Waals surface area contributed by atoms with Crippen molar-refractivity contribution in [2.24, 2.45) is 0 Å². The van der Waals surface area contributed by atoms with Gasteiger partial charge in [0, 0.05) is 37.3 Å². The molecule has 284 valence electrons. The van der Waals surface area contributed by atoms with E-state index in [0.29, 0.717) is 17.5 Å². The smallest absolute Gasteiger partial charge is 0.164 e. The normalized spacial score (nSPS) is 17.6. The molecule has 2 aliphatic carbocycles. The molecule has 1 unspecified atom stereocenters. The predicted molar refractivity (Wildman–Crippen MR) is 244 cm³/mol. The highest BCUT2D eigenvalue weighted by Gasteiger charge is 2.26. The topological polar surface area (TPSA) is 51.8 Å². The molecule has 2 aromatic heterocycles. The molecule has 0 N–H and O–H groups in total. The van der Waals surface area contributed by atoms with Gasteiger partial charge < -0.3 is 4.42 Å². The van der Waals surface area contributed by atoms with Crippen molar-refractivity contribution in [3.63, 3.8) is 0 Å². The monoisotopic (exact) mass is 771 g/mol. The molecule has 1 aliphatic heterocycles. The van der Waals surface area contributed by atoms with Crippen LogP contribution in [0.4, 0.5) is 0 Å². The molecule has 7 aromatic rings. The number of furan rings is 1. The molecule has 0 amide bonds. The van der Waals surface area contributed by atoms with Crippen molar-refractivity contribution in [2.45, 2.75) is 69.1 Å². The number of hydrogen-bond donors (Lipinski definition) is 0. The predicted octanol–water partition coefficient (Wildman–Crippen LogP) is 14.8. The fourth-order valence-corrected chi connectivity index (χ4v) is 9.89. The van der Waals surface area contributed by atoms with E-state index in [1.807, 2.05) is 6.07 Å². The summed E-state index contributed by atoms with van der Waals surface area (Å²) >= 11 is 1.76. The Hall–Kier alpha value is -6.04. The van der Waals surface area contributed by atoms with Crippen LogP contribution in [0.3, 0.4) is 0 Å². The summed E-state index contributed by atoms with van der Waals surface area (Å²) in [5, 5.41) is 4.65. The third kappa shape index (κ3) is 6.88. The third-order valence-corrected chi connectivity index (χ3v) is 12.8. The number of nitrogens with zero attached hydrogens (tertiary/aromatic N) is 3. The number of allylic oxidation sites excluding steroid dienone is 10. The Labute approximate surface area is 344 Å². The second-order valence-corrected chi connectivity index (χ2v) is 16.8. The molecule has 0 fully saturated rings. The van der Waals surface area contributed by atoms with E-state index >= 15 is 0 Å². The van der Waals surface area contributed by atoms with Crippen LogP contribution in [0.25, 0.3) is 66.6 Å². The zero-order valence-corrected chi connectivity index (χ0v) is 33.7. The molecule has 5 heteroatoms. The molecule has 0 saturated carbocycles. The summed E-state index contributed by atoms with van der Waals surface area (Å²) in [7, 11) is 0. The molecular weight excluding hydrogens is 727 g/mol. The first-order valence-corrected chi connectivity index (χ1v) is 21.5. The highest BCUT2D eigenvalue weighted by molar-refractivity contribution is 8.03.